The van der Waals surface area contributed by atoms with E-state index in [1.54, 1.807) is 24.1 Å². The van der Waals surface area contributed by atoms with Gasteiger partial charge in [-0.15, -0.1) is 0 Å². The second kappa shape index (κ2) is 11.9. The smallest absolute Gasteiger partial charge is 0.242 e. The van der Waals surface area contributed by atoms with Crippen molar-refractivity contribution in [2.75, 3.05) is 7.05 Å². The lowest BCUT2D eigenvalue weighted by Crippen LogP contribution is -2.49. The number of aryl methyl sites for hydroxylation is 2. The summed E-state index contributed by atoms with van der Waals surface area (Å²) >= 11 is 12.3. The number of nitrogens with one attached hydrogen (secondary N) is 1. The predicted molar refractivity (Wildman–Crippen MR) is 135 cm³/mol. The number of carbonyl (C=O) groups is 2. The summed E-state index contributed by atoms with van der Waals surface area (Å²) in [5.41, 5.74) is 4.06. The molecule has 33 heavy (non-hydrogen) atoms. The van der Waals surface area contributed by atoms with Gasteiger partial charge in [0.1, 0.15) is 6.04 Å². The van der Waals surface area contributed by atoms with E-state index in [9.17, 15) is 9.59 Å². The second-order valence-electron chi connectivity index (χ2n) is 8.08. The van der Waals surface area contributed by atoms with E-state index >= 15 is 0 Å². The van der Waals surface area contributed by atoms with E-state index in [-0.39, 0.29) is 18.4 Å². The van der Waals surface area contributed by atoms with E-state index in [1.807, 2.05) is 67.6 Å². The zero-order valence-electron chi connectivity index (χ0n) is 18.9. The molecule has 0 aromatic heterocycles. The molecule has 0 aliphatic carbocycles. The molecule has 1 N–H and O–H groups in total. The molecule has 3 aromatic carbocycles. The average molecular weight is 483 g/mol. The minimum absolute atomic E-state index is 0.0915. The lowest BCUT2D eigenvalue weighted by atomic mass is 10.0. The molecule has 172 valence electrons. The van der Waals surface area contributed by atoms with E-state index < -0.39 is 6.04 Å². The van der Waals surface area contributed by atoms with E-state index in [0.29, 0.717) is 29.3 Å². The fraction of sp³-hybridized carbons (Fsp3) is 0.259. The molecule has 0 aliphatic rings. The predicted octanol–water partition coefficient (Wildman–Crippen LogP) is 5.62. The molecule has 4 nitrogen and oxygen atoms in total. The topological polar surface area (TPSA) is 49.4 Å². The van der Waals surface area contributed by atoms with E-state index in [2.05, 4.69) is 5.32 Å². The maximum Gasteiger partial charge on any atom is 0.242 e. The molecule has 0 spiro atoms. The minimum atomic E-state index is -0.655. The number of rotatable bonds is 9. The molecule has 2 amide bonds. The van der Waals surface area contributed by atoms with Crippen LogP contribution in [0.15, 0.2) is 72.8 Å². The number of benzene rings is 3. The van der Waals surface area contributed by atoms with E-state index in [4.69, 9.17) is 23.2 Å². The summed E-state index contributed by atoms with van der Waals surface area (Å²) < 4.78 is 0. The van der Waals surface area contributed by atoms with E-state index in [1.165, 1.54) is 5.56 Å². The molecular formula is C27H28Cl2N2O2. The molecule has 0 heterocycles. The maximum atomic E-state index is 13.5. The summed E-state index contributed by atoms with van der Waals surface area (Å²) in [6.07, 6.45) is 1.31. The third kappa shape index (κ3) is 7.08. The van der Waals surface area contributed by atoms with Crippen LogP contribution in [0.2, 0.25) is 10.0 Å². The van der Waals surface area contributed by atoms with Gasteiger partial charge in [0, 0.05) is 26.4 Å². The van der Waals surface area contributed by atoms with Gasteiger partial charge in [-0.05, 0) is 42.2 Å². The van der Waals surface area contributed by atoms with Crippen LogP contribution in [0.3, 0.4) is 0 Å². The van der Waals surface area contributed by atoms with Gasteiger partial charge in [-0.25, -0.2) is 0 Å². The van der Waals surface area contributed by atoms with Crippen LogP contribution in [-0.2, 0) is 29.0 Å². The number of hydrogen-bond donors (Lipinski definition) is 1. The fourth-order valence-corrected chi connectivity index (χ4v) is 4.03. The summed E-state index contributed by atoms with van der Waals surface area (Å²) in [6, 6.07) is 22.5. The van der Waals surface area contributed by atoms with Crippen molar-refractivity contribution in [1.29, 1.82) is 0 Å². The highest BCUT2D eigenvalue weighted by atomic mass is 35.5. The van der Waals surface area contributed by atoms with Crippen molar-refractivity contribution in [3.63, 3.8) is 0 Å². The summed E-state index contributed by atoms with van der Waals surface area (Å²) in [5.74, 6) is -0.297. The molecule has 3 rings (SSSR count). The zero-order valence-corrected chi connectivity index (χ0v) is 20.4. The van der Waals surface area contributed by atoms with Gasteiger partial charge in [0.25, 0.3) is 0 Å². The Morgan fingerprint density at radius 2 is 1.55 bits per heavy atom. The van der Waals surface area contributed by atoms with Crippen molar-refractivity contribution in [2.24, 2.45) is 0 Å². The largest absolute Gasteiger partial charge is 0.357 e. The highest BCUT2D eigenvalue weighted by Crippen LogP contribution is 2.24. The molecule has 0 bridgehead atoms. The molecule has 0 saturated carbocycles. The van der Waals surface area contributed by atoms with Crippen LogP contribution in [0.5, 0.6) is 0 Å². The SMILES string of the molecule is CNC(=O)[C@H](Cc1ccccc1)N(Cc1ccc(Cl)c(Cl)c1)C(=O)CCc1ccc(C)cc1. The van der Waals surface area contributed by atoms with Crippen LogP contribution in [0.1, 0.15) is 28.7 Å². The third-order valence-corrected chi connectivity index (χ3v) is 6.34. The number of hydrogen-bond acceptors (Lipinski definition) is 2. The van der Waals surface area contributed by atoms with Crippen molar-refractivity contribution in [3.05, 3.63) is 105 Å². The lowest BCUT2D eigenvalue weighted by molar-refractivity contribution is -0.141. The molecule has 0 radical (unpaired) electrons. The highest BCUT2D eigenvalue weighted by molar-refractivity contribution is 6.42. The Bertz CT molecular complexity index is 1090. The van der Waals surface area contributed by atoms with Crippen LogP contribution < -0.4 is 5.32 Å². The van der Waals surface area contributed by atoms with Gasteiger partial charge in [-0.2, -0.15) is 0 Å². The van der Waals surface area contributed by atoms with Crippen LogP contribution in [0.25, 0.3) is 0 Å². The monoisotopic (exact) mass is 482 g/mol. The zero-order chi connectivity index (χ0) is 23.8. The number of likely N-dealkylation sites (N-methyl/N-ethyl adjacent to an activating group) is 1. The van der Waals surface area contributed by atoms with Gasteiger partial charge in [0.05, 0.1) is 10.0 Å². The van der Waals surface area contributed by atoms with Gasteiger partial charge in [-0.1, -0.05) is 89.4 Å². The Morgan fingerprint density at radius 1 is 0.879 bits per heavy atom. The maximum absolute atomic E-state index is 13.5. The third-order valence-electron chi connectivity index (χ3n) is 5.60. The highest BCUT2D eigenvalue weighted by Gasteiger charge is 2.29. The van der Waals surface area contributed by atoms with Gasteiger partial charge in [0.15, 0.2) is 0 Å². The van der Waals surface area contributed by atoms with Crippen LogP contribution in [0, 0.1) is 6.92 Å². The second-order valence-corrected chi connectivity index (χ2v) is 8.89. The first-order valence-corrected chi connectivity index (χ1v) is 11.7. The number of carbonyl (C=O) groups excluding carboxylic acids is 2. The van der Waals surface area contributed by atoms with Crippen molar-refractivity contribution in [3.8, 4) is 0 Å². The minimum Gasteiger partial charge on any atom is -0.357 e. The van der Waals surface area contributed by atoms with Gasteiger partial charge >= 0.3 is 0 Å². The van der Waals surface area contributed by atoms with Gasteiger partial charge in [0.2, 0.25) is 11.8 Å². The fourth-order valence-electron chi connectivity index (χ4n) is 3.70. The van der Waals surface area contributed by atoms with Crippen LogP contribution >= 0.6 is 23.2 Å². The number of nitrogens with zero attached hydrogens (tertiary/aromatic N) is 1. The molecule has 0 fully saturated rings. The van der Waals surface area contributed by atoms with Crippen molar-refractivity contribution in [2.45, 2.75) is 38.8 Å². The first-order valence-electron chi connectivity index (χ1n) is 10.9. The van der Waals surface area contributed by atoms with Crippen molar-refractivity contribution >= 4 is 35.0 Å². The first-order chi connectivity index (χ1) is 15.9. The number of amides is 2. The normalized spacial score (nSPS) is 11.6. The molecule has 0 aliphatic heterocycles. The van der Waals surface area contributed by atoms with Crippen molar-refractivity contribution < 1.29 is 9.59 Å². The Hall–Kier alpha value is -2.82. The lowest BCUT2D eigenvalue weighted by Gasteiger charge is -2.31. The Labute approximate surface area is 205 Å². The molecule has 1 atom stereocenters. The average Bonchev–Trinajstić information content (AvgIpc) is 2.83. The molecule has 0 unspecified atom stereocenters. The summed E-state index contributed by atoms with van der Waals surface area (Å²) in [5, 5.41) is 3.59. The Morgan fingerprint density at radius 3 is 2.18 bits per heavy atom. The quantitative estimate of drug-likeness (QED) is 0.430. The molecular weight excluding hydrogens is 455 g/mol. The Balaban J connectivity index is 1.88. The summed E-state index contributed by atoms with van der Waals surface area (Å²) in [4.78, 5) is 28.1. The standard InChI is InChI=1S/C27H28Cl2N2O2/c1-19-8-10-20(11-9-19)13-15-26(32)31(18-22-12-14-23(28)24(29)16-22)25(27(33)30-2)17-21-6-4-3-5-7-21/h3-12,14,16,25H,13,15,17-18H2,1-2H3,(H,30,33)/t25-/m0/s1. The van der Waals surface area contributed by atoms with Crippen molar-refractivity contribution in [1.82, 2.24) is 10.2 Å². The van der Waals surface area contributed by atoms with Crippen LogP contribution in [0.4, 0.5) is 0 Å². The van der Waals surface area contributed by atoms with Gasteiger partial charge < -0.3 is 10.2 Å². The molecule has 3 aromatic rings. The van der Waals surface area contributed by atoms with Gasteiger partial charge in [-0.3, -0.25) is 9.59 Å². The summed E-state index contributed by atoms with van der Waals surface area (Å²) in [7, 11) is 1.59. The van der Waals surface area contributed by atoms with E-state index in [0.717, 1.165) is 16.7 Å². The number of halogens is 2. The summed E-state index contributed by atoms with van der Waals surface area (Å²) in [6.45, 7) is 2.29. The first kappa shape index (κ1) is 24.8. The molecule has 6 heteroatoms. The molecule has 0 saturated heterocycles. The Kier molecular flexibility index (Phi) is 8.93. The van der Waals surface area contributed by atoms with Crippen LogP contribution in [-0.4, -0.2) is 29.8 Å².